The van der Waals surface area contributed by atoms with Crippen LogP contribution in [-0.2, 0) is 37.5 Å². The highest BCUT2D eigenvalue weighted by atomic mass is 31.2. The van der Waals surface area contributed by atoms with E-state index in [2.05, 4.69) is 30.5 Å². The van der Waals surface area contributed by atoms with Gasteiger partial charge in [-0.1, -0.05) is 212 Å². The number of nitrogens with two attached hydrogens (primary N) is 1. The number of unbranched alkanes of at least 4 members (excludes halogenated alkanes) is 32. The molecule has 0 aliphatic carbocycles. The summed E-state index contributed by atoms with van der Waals surface area (Å²) in [4.78, 5) is 46.1. The number of allylic oxidation sites excluding steroid dienone is 2. The molecule has 0 saturated heterocycles. The van der Waals surface area contributed by atoms with Crippen molar-refractivity contribution in [3.05, 3.63) is 12.2 Å². The SMILES string of the molecule is CCCCCCCCCC/C=C\CCCCCCCCCC(=O)OC[C@H](COP(=O)(O)OC[C@H](N)C(=O)O)OC(=O)CCCCCCCCCCCCCCCCCCCC. The average molecular weight is 888 g/mol. The highest BCUT2D eigenvalue weighted by Crippen LogP contribution is 2.43. The summed E-state index contributed by atoms with van der Waals surface area (Å²) in [5.41, 5.74) is 5.35. The molecule has 0 heterocycles. The Bertz CT molecular complexity index is 1090. The van der Waals surface area contributed by atoms with Crippen LogP contribution in [-0.4, -0.2) is 59.9 Å². The fourth-order valence-electron chi connectivity index (χ4n) is 7.30. The van der Waals surface area contributed by atoms with Crippen molar-refractivity contribution in [1.82, 2.24) is 0 Å². The molecule has 1 unspecified atom stereocenters. The number of hydrogen-bond acceptors (Lipinski definition) is 9. The molecule has 11 nitrogen and oxygen atoms in total. The average Bonchev–Trinajstić information content (AvgIpc) is 3.24. The first-order chi connectivity index (χ1) is 29.6. The third-order valence-corrected chi connectivity index (χ3v) is 12.2. The Hall–Kier alpha value is -1.78. The molecule has 0 fully saturated rings. The van der Waals surface area contributed by atoms with Crippen LogP contribution in [0.25, 0.3) is 0 Å². The standard InChI is InChI=1S/C49H94NO10P/c1-3-5-7-9-11-13-15-17-19-21-23-25-26-28-30-32-34-36-38-40-47(51)57-42-45(43-58-61(55,56)59-44-46(50)49(53)54)60-48(52)41-39-37-35-33-31-29-27-24-22-20-18-16-14-12-10-8-6-4-2/h21,23,45-46H,3-20,22,24-44,50H2,1-2H3,(H,53,54)(H,55,56)/b23-21-/t45-,46+/m1/s1. The largest absolute Gasteiger partial charge is 0.480 e. The van der Waals surface area contributed by atoms with Crippen LogP contribution in [0.4, 0.5) is 0 Å². The first-order valence-electron chi connectivity index (χ1n) is 25.2. The van der Waals surface area contributed by atoms with Crippen LogP contribution < -0.4 is 5.73 Å². The Balaban J connectivity index is 4.23. The highest BCUT2D eigenvalue weighted by Gasteiger charge is 2.28. The van der Waals surface area contributed by atoms with Crippen LogP contribution in [0, 0.1) is 0 Å². The van der Waals surface area contributed by atoms with Crippen molar-refractivity contribution < 1.29 is 47.5 Å². The number of ether oxygens (including phenoxy) is 2. The highest BCUT2D eigenvalue weighted by molar-refractivity contribution is 7.47. The van der Waals surface area contributed by atoms with Gasteiger partial charge in [-0.15, -0.1) is 0 Å². The van der Waals surface area contributed by atoms with Gasteiger partial charge in [0.2, 0.25) is 0 Å². The van der Waals surface area contributed by atoms with Crippen molar-refractivity contribution >= 4 is 25.7 Å². The second kappa shape index (κ2) is 44.8. The van der Waals surface area contributed by atoms with E-state index in [0.29, 0.717) is 12.8 Å². The van der Waals surface area contributed by atoms with Crippen LogP contribution in [0.1, 0.15) is 251 Å². The Morgan fingerprint density at radius 2 is 0.820 bits per heavy atom. The van der Waals surface area contributed by atoms with Crippen molar-refractivity contribution in [2.24, 2.45) is 5.73 Å². The molecular formula is C49H94NO10P. The van der Waals surface area contributed by atoms with Crippen molar-refractivity contribution in [1.29, 1.82) is 0 Å². The molecule has 4 N–H and O–H groups in total. The zero-order valence-electron chi connectivity index (χ0n) is 39.3. The Morgan fingerprint density at radius 3 is 1.20 bits per heavy atom. The van der Waals surface area contributed by atoms with Gasteiger partial charge in [0.05, 0.1) is 13.2 Å². The first-order valence-corrected chi connectivity index (χ1v) is 26.7. The molecule has 3 atom stereocenters. The summed E-state index contributed by atoms with van der Waals surface area (Å²) in [7, 11) is -4.72. The van der Waals surface area contributed by atoms with E-state index in [9.17, 15) is 23.8 Å². The summed E-state index contributed by atoms with van der Waals surface area (Å²) in [5, 5.41) is 8.91. The Morgan fingerprint density at radius 1 is 0.492 bits per heavy atom. The van der Waals surface area contributed by atoms with Crippen LogP contribution >= 0.6 is 7.82 Å². The quantitative estimate of drug-likeness (QED) is 0.0230. The van der Waals surface area contributed by atoms with Gasteiger partial charge in [-0.2, -0.15) is 0 Å². The molecule has 0 radical (unpaired) electrons. The molecule has 0 aliphatic rings. The van der Waals surface area contributed by atoms with Gasteiger partial charge in [0, 0.05) is 12.8 Å². The Kier molecular flexibility index (Phi) is 43.5. The van der Waals surface area contributed by atoms with E-state index in [4.69, 9.17) is 24.8 Å². The van der Waals surface area contributed by atoms with Gasteiger partial charge < -0.3 is 25.2 Å². The lowest BCUT2D eigenvalue weighted by molar-refractivity contribution is -0.161. The third kappa shape index (κ3) is 44.6. The second-order valence-electron chi connectivity index (χ2n) is 17.3. The minimum atomic E-state index is -4.72. The van der Waals surface area contributed by atoms with E-state index in [0.717, 1.165) is 44.9 Å². The number of carboxylic acids is 1. The smallest absolute Gasteiger partial charge is 0.472 e. The summed E-state index contributed by atoms with van der Waals surface area (Å²) in [6.45, 7) is 2.85. The van der Waals surface area contributed by atoms with E-state index in [1.165, 1.54) is 167 Å². The molecule has 61 heavy (non-hydrogen) atoms. The van der Waals surface area contributed by atoms with E-state index in [1.54, 1.807) is 0 Å². The van der Waals surface area contributed by atoms with Crippen LogP contribution in [0.5, 0.6) is 0 Å². The third-order valence-electron chi connectivity index (χ3n) is 11.3. The van der Waals surface area contributed by atoms with Crippen LogP contribution in [0.15, 0.2) is 12.2 Å². The van der Waals surface area contributed by atoms with Gasteiger partial charge in [-0.25, -0.2) is 4.57 Å². The lowest BCUT2D eigenvalue weighted by atomic mass is 10.0. The van der Waals surface area contributed by atoms with Crippen LogP contribution in [0.2, 0.25) is 0 Å². The molecule has 12 heteroatoms. The van der Waals surface area contributed by atoms with Crippen molar-refractivity contribution in [3.8, 4) is 0 Å². The molecule has 0 amide bonds. The summed E-state index contributed by atoms with van der Waals surface area (Å²) in [6, 6.07) is -1.52. The van der Waals surface area contributed by atoms with Gasteiger partial charge in [0.1, 0.15) is 12.6 Å². The molecule has 0 aromatic carbocycles. The van der Waals surface area contributed by atoms with Gasteiger partial charge in [0.15, 0.2) is 6.10 Å². The normalized spacial score (nSPS) is 13.6. The maximum absolute atomic E-state index is 12.7. The van der Waals surface area contributed by atoms with E-state index >= 15 is 0 Å². The minimum absolute atomic E-state index is 0.167. The number of carbonyl (C=O) groups excluding carboxylic acids is 2. The monoisotopic (exact) mass is 888 g/mol. The number of carbonyl (C=O) groups is 3. The van der Waals surface area contributed by atoms with Gasteiger partial charge >= 0.3 is 25.7 Å². The van der Waals surface area contributed by atoms with Gasteiger partial charge in [0.25, 0.3) is 0 Å². The van der Waals surface area contributed by atoms with Crippen LogP contribution in [0.3, 0.4) is 0 Å². The zero-order valence-corrected chi connectivity index (χ0v) is 40.2. The lowest BCUT2D eigenvalue weighted by Gasteiger charge is -2.20. The Labute approximate surface area is 373 Å². The van der Waals surface area contributed by atoms with Gasteiger partial charge in [-0.3, -0.25) is 23.4 Å². The number of phosphoric ester groups is 1. The van der Waals surface area contributed by atoms with Gasteiger partial charge in [-0.05, 0) is 38.5 Å². The summed E-state index contributed by atoms with van der Waals surface area (Å²) in [6.07, 6.45) is 47.0. The number of rotatable bonds is 48. The lowest BCUT2D eigenvalue weighted by Crippen LogP contribution is -2.34. The topological polar surface area (TPSA) is 172 Å². The van der Waals surface area contributed by atoms with E-state index in [1.807, 2.05) is 0 Å². The maximum atomic E-state index is 12.7. The molecular weight excluding hydrogens is 794 g/mol. The predicted octanol–water partition coefficient (Wildman–Crippen LogP) is 14.0. The summed E-state index contributed by atoms with van der Waals surface area (Å²) < 4.78 is 32.8. The predicted molar refractivity (Wildman–Crippen MR) is 249 cm³/mol. The molecule has 0 spiro atoms. The number of phosphoric acid groups is 1. The molecule has 0 aliphatic heterocycles. The number of esters is 2. The van der Waals surface area contributed by atoms with Crippen molar-refractivity contribution in [2.75, 3.05) is 19.8 Å². The molecule has 0 aromatic heterocycles. The fourth-order valence-corrected chi connectivity index (χ4v) is 8.08. The summed E-state index contributed by atoms with van der Waals surface area (Å²) >= 11 is 0. The van der Waals surface area contributed by atoms with E-state index < -0.39 is 51.1 Å². The molecule has 360 valence electrons. The minimum Gasteiger partial charge on any atom is -0.480 e. The molecule has 0 rings (SSSR count). The zero-order chi connectivity index (χ0) is 44.9. The number of carboxylic acid groups (broad SMARTS) is 1. The van der Waals surface area contributed by atoms with Crippen molar-refractivity contribution in [2.45, 2.75) is 264 Å². The van der Waals surface area contributed by atoms with E-state index in [-0.39, 0.29) is 19.4 Å². The van der Waals surface area contributed by atoms with Crippen molar-refractivity contribution in [3.63, 3.8) is 0 Å². The molecule has 0 aromatic rings. The second-order valence-corrected chi connectivity index (χ2v) is 18.8. The number of hydrogen-bond donors (Lipinski definition) is 3. The summed E-state index contributed by atoms with van der Waals surface area (Å²) in [5.74, 6) is -2.36. The maximum Gasteiger partial charge on any atom is 0.472 e. The number of aliphatic carboxylic acids is 1. The first kappa shape index (κ1) is 59.2. The molecule has 0 saturated carbocycles. The molecule has 0 bridgehead atoms. The fraction of sp³-hybridized carbons (Fsp3) is 0.898.